The largest absolute Gasteiger partial charge is 0.352 e. The average molecular weight is 443 g/mol. The SMILES string of the molecule is O=C(NCCCCc1ccccc1)c1ccc(S(=O)(=O)NCCc2cccs2)cc1. The Bertz CT molecular complexity index is 1020. The Morgan fingerprint density at radius 2 is 1.60 bits per heavy atom. The van der Waals surface area contributed by atoms with E-state index in [1.54, 1.807) is 23.5 Å². The molecule has 30 heavy (non-hydrogen) atoms. The standard InChI is InChI=1S/C23H26N2O3S2/c26-23(24-16-5-4-9-19-7-2-1-3-8-19)20-11-13-22(14-12-20)30(27,28)25-17-15-21-10-6-18-29-21/h1-3,6-8,10-14,18,25H,4-5,9,15-17H2,(H,24,26). The van der Waals surface area contributed by atoms with Gasteiger partial charge in [0, 0.05) is 23.5 Å². The molecule has 0 spiro atoms. The fourth-order valence-corrected chi connectivity index (χ4v) is 4.78. The van der Waals surface area contributed by atoms with Gasteiger partial charge in [-0.15, -0.1) is 11.3 Å². The number of thiophene rings is 1. The molecule has 0 saturated carbocycles. The lowest BCUT2D eigenvalue weighted by Gasteiger charge is -2.08. The highest BCUT2D eigenvalue weighted by molar-refractivity contribution is 7.89. The van der Waals surface area contributed by atoms with Crippen molar-refractivity contribution in [1.82, 2.24) is 10.0 Å². The number of unbranched alkanes of at least 4 members (excludes halogenated alkanes) is 1. The molecule has 0 saturated heterocycles. The van der Waals surface area contributed by atoms with E-state index in [1.165, 1.54) is 17.7 Å². The molecule has 3 aromatic rings. The lowest BCUT2D eigenvalue weighted by Crippen LogP contribution is -2.26. The van der Waals surface area contributed by atoms with Gasteiger partial charge in [0.15, 0.2) is 0 Å². The van der Waals surface area contributed by atoms with Gasteiger partial charge in [-0.1, -0.05) is 36.4 Å². The van der Waals surface area contributed by atoms with Gasteiger partial charge >= 0.3 is 0 Å². The van der Waals surface area contributed by atoms with E-state index in [2.05, 4.69) is 22.2 Å². The van der Waals surface area contributed by atoms with E-state index in [9.17, 15) is 13.2 Å². The minimum absolute atomic E-state index is 0.160. The molecule has 0 bridgehead atoms. The van der Waals surface area contributed by atoms with Crippen LogP contribution in [0.2, 0.25) is 0 Å². The molecule has 0 aliphatic carbocycles. The predicted molar refractivity (Wildman–Crippen MR) is 121 cm³/mol. The molecular formula is C23H26N2O3S2. The second kappa shape index (κ2) is 11.1. The van der Waals surface area contributed by atoms with Crippen molar-refractivity contribution in [2.75, 3.05) is 13.1 Å². The van der Waals surface area contributed by atoms with E-state index >= 15 is 0 Å². The smallest absolute Gasteiger partial charge is 0.251 e. The van der Waals surface area contributed by atoms with Crippen LogP contribution in [0.25, 0.3) is 0 Å². The number of amides is 1. The maximum Gasteiger partial charge on any atom is 0.251 e. The number of sulfonamides is 1. The molecule has 0 fully saturated rings. The van der Waals surface area contributed by atoms with Gasteiger partial charge in [0.1, 0.15) is 0 Å². The Labute approximate surface area is 182 Å². The molecule has 0 aliphatic heterocycles. The molecule has 7 heteroatoms. The van der Waals surface area contributed by atoms with Crippen LogP contribution in [0.4, 0.5) is 0 Å². The van der Waals surface area contributed by atoms with E-state index in [1.807, 2.05) is 35.7 Å². The number of carbonyl (C=O) groups excluding carboxylic acids is 1. The fourth-order valence-electron chi connectivity index (χ4n) is 3.04. The molecule has 0 unspecified atom stereocenters. The highest BCUT2D eigenvalue weighted by atomic mass is 32.2. The number of rotatable bonds is 11. The molecule has 2 aromatic carbocycles. The van der Waals surface area contributed by atoms with Crippen LogP contribution in [0.15, 0.2) is 77.0 Å². The first-order valence-electron chi connectivity index (χ1n) is 9.99. The third-order valence-corrected chi connectivity index (χ3v) is 7.10. The van der Waals surface area contributed by atoms with Crippen molar-refractivity contribution in [2.24, 2.45) is 0 Å². The molecule has 1 heterocycles. The second-order valence-electron chi connectivity index (χ2n) is 6.95. The first kappa shape index (κ1) is 22.2. The fraction of sp³-hybridized carbons (Fsp3) is 0.261. The first-order valence-corrected chi connectivity index (χ1v) is 12.3. The van der Waals surface area contributed by atoms with Gasteiger partial charge < -0.3 is 5.32 Å². The highest BCUT2D eigenvalue weighted by Gasteiger charge is 2.14. The Morgan fingerprint density at radius 3 is 2.30 bits per heavy atom. The van der Waals surface area contributed by atoms with Gasteiger partial charge in [-0.05, 0) is 67.0 Å². The number of nitrogens with one attached hydrogen (secondary N) is 2. The summed E-state index contributed by atoms with van der Waals surface area (Å²) in [4.78, 5) is 13.6. The maximum atomic E-state index is 12.4. The van der Waals surface area contributed by atoms with Crippen LogP contribution >= 0.6 is 11.3 Å². The Balaban J connectivity index is 1.41. The zero-order valence-corrected chi connectivity index (χ0v) is 18.3. The molecule has 0 radical (unpaired) electrons. The summed E-state index contributed by atoms with van der Waals surface area (Å²) in [5.74, 6) is -0.190. The molecule has 3 rings (SSSR count). The van der Waals surface area contributed by atoms with E-state index in [0.29, 0.717) is 25.1 Å². The topological polar surface area (TPSA) is 75.3 Å². The molecule has 0 aliphatic rings. The van der Waals surface area contributed by atoms with Gasteiger partial charge in [-0.25, -0.2) is 13.1 Å². The van der Waals surface area contributed by atoms with E-state index < -0.39 is 10.0 Å². The lowest BCUT2D eigenvalue weighted by molar-refractivity contribution is 0.0953. The quantitative estimate of drug-likeness (QED) is 0.441. The maximum absolute atomic E-state index is 12.4. The van der Waals surface area contributed by atoms with Crippen LogP contribution in [0.1, 0.15) is 33.6 Å². The zero-order valence-electron chi connectivity index (χ0n) is 16.7. The number of aryl methyl sites for hydroxylation is 1. The summed E-state index contributed by atoms with van der Waals surface area (Å²) in [6.45, 7) is 0.935. The summed E-state index contributed by atoms with van der Waals surface area (Å²) in [5.41, 5.74) is 1.75. The number of hydrogen-bond donors (Lipinski definition) is 2. The molecule has 0 atom stereocenters. The van der Waals surface area contributed by atoms with Crippen molar-refractivity contribution in [3.63, 3.8) is 0 Å². The summed E-state index contributed by atoms with van der Waals surface area (Å²) >= 11 is 1.60. The molecule has 1 amide bonds. The Hall–Kier alpha value is -2.48. The lowest BCUT2D eigenvalue weighted by atomic mass is 10.1. The number of carbonyl (C=O) groups is 1. The van der Waals surface area contributed by atoms with Crippen molar-refractivity contribution in [2.45, 2.75) is 30.6 Å². The van der Waals surface area contributed by atoms with Crippen LogP contribution in [0, 0.1) is 0 Å². The third kappa shape index (κ3) is 6.79. The molecule has 2 N–H and O–H groups in total. The normalized spacial score (nSPS) is 11.3. The van der Waals surface area contributed by atoms with Crippen LogP contribution in [0.3, 0.4) is 0 Å². The number of hydrogen-bond acceptors (Lipinski definition) is 4. The molecule has 5 nitrogen and oxygen atoms in total. The van der Waals surface area contributed by atoms with Crippen LogP contribution in [0.5, 0.6) is 0 Å². The van der Waals surface area contributed by atoms with Crippen molar-refractivity contribution >= 4 is 27.3 Å². The van der Waals surface area contributed by atoms with E-state index in [0.717, 1.165) is 24.1 Å². The summed E-state index contributed by atoms with van der Waals surface area (Å²) in [7, 11) is -3.58. The Kier molecular flexibility index (Phi) is 8.19. The van der Waals surface area contributed by atoms with Crippen molar-refractivity contribution < 1.29 is 13.2 Å². The average Bonchev–Trinajstić information content (AvgIpc) is 3.27. The van der Waals surface area contributed by atoms with Crippen LogP contribution in [-0.4, -0.2) is 27.4 Å². The van der Waals surface area contributed by atoms with Crippen LogP contribution < -0.4 is 10.0 Å². The van der Waals surface area contributed by atoms with Crippen LogP contribution in [-0.2, 0) is 22.9 Å². The van der Waals surface area contributed by atoms with Gasteiger partial charge in [-0.2, -0.15) is 0 Å². The van der Waals surface area contributed by atoms with Gasteiger partial charge in [0.25, 0.3) is 5.91 Å². The van der Waals surface area contributed by atoms with Crippen molar-refractivity contribution in [3.05, 3.63) is 88.1 Å². The Morgan fingerprint density at radius 1 is 0.833 bits per heavy atom. The summed E-state index contributed by atoms with van der Waals surface area (Å²) in [6, 6.07) is 20.2. The van der Waals surface area contributed by atoms with Gasteiger partial charge in [-0.3, -0.25) is 4.79 Å². The predicted octanol–water partition coefficient (Wildman–Crippen LogP) is 4.02. The minimum Gasteiger partial charge on any atom is -0.352 e. The third-order valence-electron chi connectivity index (χ3n) is 4.69. The monoisotopic (exact) mass is 442 g/mol. The van der Waals surface area contributed by atoms with E-state index in [4.69, 9.17) is 0 Å². The van der Waals surface area contributed by atoms with Crippen molar-refractivity contribution in [3.8, 4) is 0 Å². The summed E-state index contributed by atoms with van der Waals surface area (Å²) in [5, 5.41) is 4.86. The van der Waals surface area contributed by atoms with Gasteiger partial charge in [0.05, 0.1) is 4.90 Å². The molecule has 1 aromatic heterocycles. The molecular weight excluding hydrogens is 416 g/mol. The van der Waals surface area contributed by atoms with E-state index in [-0.39, 0.29) is 10.8 Å². The highest BCUT2D eigenvalue weighted by Crippen LogP contribution is 2.12. The van der Waals surface area contributed by atoms with Gasteiger partial charge in [0.2, 0.25) is 10.0 Å². The zero-order chi connectivity index (χ0) is 21.2. The summed E-state index contributed by atoms with van der Waals surface area (Å²) in [6.07, 6.45) is 3.53. The second-order valence-corrected chi connectivity index (χ2v) is 9.75. The van der Waals surface area contributed by atoms with Crippen molar-refractivity contribution in [1.29, 1.82) is 0 Å². The molecule has 158 valence electrons. The minimum atomic E-state index is -3.58. The number of benzene rings is 2. The summed E-state index contributed by atoms with van der Waals surface area (Å²) < 4.78 is 27.4. The first-order chi connectivity index (χ1) is 14.5.